The molecule has 2 N–H and O–H groups in total. The lowest BCUT2D eigenvalue weighted by molar-refractivity contribution is -0.132. The zero-order valence-electron chi connectivity index (χ0n) is 19.1. The van der Waals surface area contributed by atoms with E-state index in [2.05, 4.69) is 41.2 Å². The molecule has 2 heterocycles. The highest BCUT2D eigenvalue weighted by molar-refractivity contribution is 8.22. The van der Waals surface area contributed by atoms with Crippen LogP contribution in [-0.2, 0) is 14.3 Å². The molecule has 2 unspecified atom stereocenters. The first-order chi connectivity index (χ1) is 16.1. The van der Waals surface area contributed by atoms with E-state index >= 15 is 0 Å². The molecule has 9 heteroatoms. The van der Waals surface area contributed by atoms with Gasteiger partial charge in [0, 0.05) is 24.2 Å². The molecule has 6 nitrogen and oxygen atoms in total. The van der Waals surface area contributed by atoms with Gasteiger partial charge in [0.15, 0.2) is 5.50 Å². The lowest BCUT2D eigenvalue weighted by Crippen LogP contribution is -2.41. The van der Waals surface area contributed by atoms with Crippen LogP contribution in [0, 0.1) is 5.92 Å². The van der Waals surface area contributed by atoms with Crippen molar-refractivity contribution < 1.29 is 14.3 Å². The Bertz CT molecular complexity index is 837. The number of carbonyl (C=O) groups is 2. The molecule has 0 spiro atoms. The van der Waals surface area contributed by atoms with E-state index in [1.165, 1.54) is 42.3 Å². The Balaban J connectivity index is 1.29. The van der Waals surface area contributed by atoms with Gasteiger partial charge in [-0.1, -0.05) is 49.6 Å². The van der Waals surface area contributed by atoms with Gasteiger partial charge in [-0.3, -0.25) is 9.59 Å². The van der Waals surface area contributed by atoms with E-state index in [1.807, 2.05) is 11.1 Å². The second kappa shape index (κ2) is 12.4. The average molecular weight is 508 g/mol. The fraction of sp³-hybridized carbons (Fsp3) is 0.583. The Morgan fingerprint density at radius 3 is 2.64 bits per heavy atom. The smallest absolute Gasteiger partial charge is 0.233 e. The SMILES string of the molecule is CSc1ccc(C(CC2CCCC2)C(=O)NC2NC=C(SCC(=O)N3CCOCC3)S2)cc1. The third-order valence-corrected chi connectivity index (χ3v) is 9.46. The van der Waals surface area contributed by atoms with Crippen LogP contribution in [0.3, 0.4) is 0 Å². The fourth-order valence-corrected chi connectivity index (χ4v) is 6.98. The number of morpholine rings is 1. The van der Waals surface area contributed by atoms with Crippen LogP contribution < -0.4 is 10.6 Å². The number of rotatable bonds is 9. The monoisotopic (exact) mass is 507 g/mol. The second-order valence-electron chi connectivity index (χ2n) is 8.63. The van der Waals surface area contributed by atoms with Crippen molar-refractivity contribution in [1.82, 2.24) is 15.5 Å². The predicted octanol–water partition coefficient (Wildman–Crippen LogP) is 4.20. The molecule has 1 aromatic carbocycles. The summed E-state index contributed by atoms with van der Waals surface area (Å²) in [4.78, 5) is 28.8. The van der Waals surface area contributed by atoms with Crippen molar-refractivity contribution in [2.24, 2.45) is 5.92 Å². The number of benzene rings is 1. The van der Waals surface area contributed by atoms with Crippen LogP contribution in [0.1, 0.15) is 43.6 Å². The number of nitrogens with zero attached hydrogens (tertiary/aromatic N) is 1. The van der Waals surface area contributed by atoms with Crippen LogP contribution in [0.2, 0.25) is 0 Å². The van der Waals surface area contributed by atoms with Gasteiger partial charge in [-0.15, -0.1) is 23.5 Å². The summed E-state index contributed by atoms with van der Waals surface area (Å²) in [7, 11) is 0. The molecule has 0 radical (unpaired) electrons. The molecule has 0 aromatic heterocycles. The summed E-state index contributed by atoms with van der Waals surface area (Å²) in [5.41, 5.74) is 0.897. The van der Waals surface area contributed by atoms with E-state index in [-0.39, 0.29) is 23.2 Å². The van der Waals surface area contributed by atoms with E-state index in [0.717, 1.165) is 16.2 Å². The van der Waals surface area contributed by atoms with Gasteiger partial charge in [0.1, 0.15) is 0 Å². The average Bonchev–Trinajstić information content (AvgIpc) is 3.53. The number of thioether (sulfide) groups is 3. The maximum atomic E-state index is 13.3. The van der Waals surface area contributed by atoms with Crippen LogP contribution in [-0.4, -0.2) is 60.5 Å². The van der Waals surface area contributed by atoms with Crippen LogP contribution in [0.4, 0.5) is 0 Å². The quantitative estimate of drug-likeness (QED) is 0.486. The topological polar surface area (TPSA) is 70.7 Å². The van der Waals surface area contributed by atoms with Gasteiger partial charge in [0.25, 0.3) is 0 Å². The van der Waals surface area contributed by atoms with E-state index in [4.69, 9.17) is 4.74 Å². The van der Waals surface area contributed by atoms with Gasteiger partial charge < -0.3 is 20.3 Å². The van der Waals surface area contributed by atoms with Crippen molar-refractivity contribution in [3.63, 3.8) is 0 Å². The summed E-state index contributed by atoms with van der Waals surface area (Å²) in [5.74, 6) is 1.12. The molecule has 2 fully saturated rings. The minimum absolute atomic E-state index is 0.0767. The van der Waals surface area contributed by atoms with E-state index in [9.17, 15) is 9.59 Å². The van der Waals surface area contributed by atoms with Gasteiger partial charge in [-0.05, 0) is 36.3 Å². The lowest BCUT2D eigenvalue weighted by atomic mass is 9.87. The minimum atomic E-state index is -0.199. The highest BCUT2D eigenvalue weighted by Crippen LogP contribution is 2.37. The summed E-state index contributed by atoms with van der Waals surface area (Å²) in [6.45, 7) is 2.57. The largest absolute Gasteiger partial charge is 0.378 e. The van der Waals surface area contributed by atoms with E-state index in [0.29, 0.717) is 38.0 Å². The summed E-state index contributed by atoms with van der Waals surface area (Å²) in [6, 6.07) is 8.44. The molecule has 2 atom stereocenters. The number of amides is 2. The summed E-state index contributed by atoms with van der Waals surface area (Å²) < 4.78 is 6.34. The van der Waals surface area contributed by atoms with Gasteiger partial charge >= 0.3 is 0 Å². The van der Waals surface area contributed by atoms with Crippen molar-refractivity contribution in [3.8, 4) is 0 Å². The van der Waals surface area contributed by atoms with Crippen molar-refractivity contribution in [2.45, 2.75) is 48.4 Å². The molecule has 1 aliphatic carbocycles. The van der Waals surface area contributed by atoms with Gasteiger partial charge in [-0.25, -0.2) is 0 Å². The Labute approximate surface area is 209 Å². The van der Waals surface area contributed by atoms with E-state index in [1.54, 1.807) is 23.5 Å². The molecule has 33 heavy (non-hydrogen) atoms. The number of hydrogen-bond donors (Lipinski definition) is 2. The summed E-state index contributed by atoms with van der Waals surface area (Å²) in [5, 5.41) is 6.45. The predicted molar refractivity (Wildman–Crippen MR) is 138 cm³/mol. The Morgan fingerprint density at radius 1 is 1.21 bits per heavy atom. The summed E-state index contributed by atoms with van der Waals surface area (Å²) in [6.07, 6.45) is 9.89. The van der Waals surface area contributed by atoms with Crippen LogP contribution in [0.25, 0.3) is 0 Å². The molecular formula is C24H33N3O3S3. The maximum Gasteiger partial charge on any atom is 0.233 e. The lowest BCUT2D eigenvalue weighted by Gasteiger charge is -2.26. The number of hydrogen-bond acceptors (Lipinski definition) is 7. The van der Waals surface area contributed by atoms with Crippen molar-refractivity contribution in [3.05, 3.63) is 40.3 Å². The molecule has 2 amide bonds. The molecule has 1 saturated heterocycles. The van der Waals surface area contributed by atoms with Crippen LogP contribution in [0.5, 0.6) is 0 Å². The van der Waals surface area contributed by atoms with Gasteiger partial charge in [0.2, 0.25) is 11.8 Å². The summed E-state index contributed by atoms with van der Waals surface area (Å²) >= 11 is 4.82. The third kappa shape index (κ3) is 7.10. The highest BCUT2D eigenvalue weighted by Gasteiger charge is 2.29. The zero-order valence-corrected chi connectivity index (χ0v) is 21.5. The third-order valence-electron chi connectivity index (χ3n) is 6.44. The van der Waals surface area contributed by atoms with Crippen LogP contribution >= 0.6 is 35.3 Å². The molecule has 0 bridgehead atoms. The van der Waals surface area contributed by atoms with Crippen LogP contribution in [0.15, 0.2) is 39.6 Å². The zero-order chi connectivity index (χ0) is 23.0. The molecular weight excluding hydrogens is 474 g/mol. The fourth-order valence-electron chi connectivity index (χ4n) is 4.55. The Morgan fingerprint density at radius 2 is 1.94 bits per heavy atom. The second-order valence-corrected chi connectivity index (χ2v) is 11.9. The molecule has 180 valence electrons. The number of carbonyl (C=O) groups excluding carboxylic acids is 2. The molecule has 1 saturated carbocycles. The highest BCUT2D eigenvalue weighted by atomic mass is 32.2. The number of ether oxygens (including phenoxy) is 1. The van der Waals surface area contributed by atoms with Crippen molar-refractivity contribution >= 4 is 47.1 Å². The molecule has 2 aliphatic heterocycles. The normalized spacial score (nSPS) is 22.0. The van der Waals surface area contributed by atoms with Crippen molar-refractivity contribution in [1.29, 1.82) is 0 Å². The molecule has 1 aromatic rings. The first-order valence-electron chi connectivity index (χ1n) is 11.7. The first-order valence-corrected chi connectivity index (χ1v) is 14.8. The maximum absolute atomic E-state index is 13.3. The first kappa shape index (κ1) is 24.8. The number of nitrogens with one attached hydrogen (secondary N) is 2. The molecule has 3 aliphatic rings. The minimum Gasteiger partial charge on any atom is -0.378 e. The van der Waals surface area contributed by atoms with Crippen molar-refractivity contribution in [2.75, 3.05) is 38.3 Å². The standard InChI is InChI=1S/C24H33N3O3S3/c1-31-19-8-6-18(7-9-19)20(14-17-4-2-3-5-17)23(29)26-24-25-15-22(33-24)32-16-21(28)27-10-12-30-13-11-27/h6-9,15,17,20,24-25H,2-5,10-14,16H2,1H3,(H,26,29). The molecule has 4 rings (SSSR count). The Hall–Kier alpha value is -1.29. The van der Waals surface area contributed by atoms with Gasteiger partial charge in [-0.2, -0.15) is 0 Å². The van der Waals surface area contributed by atoms with Gasteiger partial charge in [0.05, 0.1) is 29.1 Å². The Kier molecular flexibility index (Phi) is 9.35. The van der Waals surface area contributed by atoms with E-state index < -0.39 is 0 Å².